The fourth-order valence-corrected chi connectivity index (χ4v) is 1.52. The number of benzene rings is 1. The smallest absolute Gasteiger partial charge is 0.253 e. The lowest BCUT2D eigenvalue weighted by molar-refractivity contribution is -0.121. The summed E-state index contributed by atoms with van der Waals surface area (Å²) < 4.78 is 0. The number of rotatable bonds is 5. The Bertz CT molecular complexity index is 497. The normalized spacial score (nSPS) is 10.9. The number of carbonyl (C=O) groups is 2. The number of hydrogen-bond donors (Lipinski definition) is 4. The summed E-state index contributed by atoms with van der Waals surface area (Å²) in [5.74, 6) is -0.748. The molecule has 0 fully saturated rings. The van der Waals surface area contributed by atoms with E-state index in [-0.39, 0.29) is 5.91 Å². The van der Waals surface area contributed by atoms with E-state index >= 15 is 0 Å². The van der Waals surface area contributed by atoms with Gasteiger partial charge < -0.3 is 22.1 Å². The van der Waals surface area contributed by atoms with Crippen LogP contribution in [0, 0.1) is 0 Å². The van der Waals surface area contributed by atoms with Crippen LogP contribution in [-0.2, 0) is 4.79 Å². The van der Waals surface area contributed by atoms with Crippen LogP contribution in [-0.4, -0.2) is 23.9 Å². The molecule has 0 heterocycles. The zero-order chi connectivity index (χ0) is 14.6. The minimum absolute atomic E-state index is 0.231. The van der Waals surface area contributed by atoms with Gasteiger partial charge in [-0.1, -0.05) is 0 Å². The topological polar surface area (TPSA) is 110 Å². The Morgan fingerprint density at radius 3 is 2.47 bits per heavy atom. The van der Waals surface area contributed by atoms with Crippen LogP contribution in [0.4, 0.5) is 11.4 Å². The molecule has 0 atom stereocenters. The molecular weight excluding hydrogens is 244 g/mol. The number of carbonyl (C=O) groups excluding carboxylic acids is 2. The van der Waals surface area contributed by atoms with Gasteiger partial charge in [0, 0.05) is 17.9 Å². The van der Waals surface area contributed by atoms with Crippen LogP contribution in [0.15, 0.2) is 18.2 Å². The van der Waals surface area contributed by atoms with Crippen LogP contribution in [0.3, 0.4) is 0 Å². The lowest BCUT2D eigenvalue weighted by atomic mass is 10.0. The number of anilines is 2. The first-order chi connectivity index (χ1) is 8.77. The Morgan fingerprint density at radius 1 is 1.32 bits per heavy atom. The van der Waals surface area contributed by atoms with Crippen LogP contribution in [0.5, 0.6) is 0 Å². The predicted octanol–water partition coefficient (Wildman–Crippen LogP) is 0.694. The van der Waals surface area contributed by atoms with E-state index in [0.717, 1.165) is 0 Å². The minimum atomic E-state index is -0.977. The van der Waals surface area contributed by atoms with Crippen molar-refractivity contribution in [2.24, 2.45) is 5.73 Å². The molecule has 104 valence electrons. The summed E-state index contributed by atoms with van der Waals surface area (Å²) in [4.78, 5) is 23.3. The molecule has 0 aromatic heterocycles. The Hall–Kier alpha value is -2.24. The van der Waals surface area contributed by atoms with Gasteiger partial charge in [-0.3, -0.25) is 9.59 Å². The van der Waals surface area contributed by atoms with Gasteiger partial charge in [0.25, 0.3) is 5.91 Å². The second-order valence-electron chi connectivity index (χ2n) is 4.78. The molecule has 6 N–H and O–H groups in total. The van der Waals surface area contributed by atoms with Gasteiger partial charge in [-0.15, -0.1) is 0 Å². The van der Waals surface area contributed by atoms with Gasteiger partial charge in [-0.2, -0.15) is 0 Å². The molecular formula is C13H20N4O2. The van der Waals surface area contributed by atoms with Gasteiger partial charge in [0.2, 0.25) is 5.91 Å². The van der Waals surface area contributed by atoms with Crippen LogP contribution in [0.1, 0.15) is 31.1 Å². The zero-order valence-electron chi connectivity index (χ0n) is 11.4. The number of nitrogens with one attached hydrogen (secondary N) is 2. The van der Waals surface area contributed by atoms with Gasteiger partial charge in [0.15, 0.2) is 0 Å². The standard InChI is InChI=1S/C13H20N4O2/c1-4-16-11(18)9-6-5-8(14)7-10(9)17-13(2,3)12(15)19/h5-7,17H,4,14H2,1-3H3,(H2,15,19)(H,16,18). The SMILES string of the molecule is CCNC(=O)c1ccc(N)cc1NC(C)(C)C(N)=O. The maximum absolute atomic E-state index is 11.9. The van der Waals surface area contributed by atoms with E-state index in [1.54, 1.807) is 32.0 Å². The van der Waals surface area contributed by atoms with E-state index in [0.29, 0.717) is 23.5 Å². The summed E-state index contributed by atoms with van der Waals surface area (Å²) in [7, 11) is 0. The van der Waals surface area contributed by atoms with Crippen molar-refractivity contribution in [1.29, 1.82) is 0 Å². The largest absolute Gasteiger partial charge is 0.399 e. The molecule has 0 unspecified atom stereocenters. The summed E-state index contributed by atoms with van der Waals surface area (Å²) in [6, 6.07) is 4.85. The number of hydrogen-bond acceptors (Lipinski definition) is 4. The monoisotopic (exact) mass is 264 g/mol. The van der Waals surface area contributed by atoms with Gasteiger partial charge in [0.1, 0.15) is 5.54 Å². The van der Waals surface area contributed by atoms with E-state index in [2.05, 4.69) is 10.6 Å². The zero-order valence-corrected chi connectivity index (χ0v) is 11.4. The third-order valence-corrected chi connectivity index (χ3v) is 2.69. The third kappa shape index (κ3) is 3.61. The summed E-state index contributed by atoms with van der Waals surface area (Å²) in [6.07, 6.45) is 0. The summed E-state index contributed by atoms with van der Waals surface area (Å²) in [6.45, 7) is 5.62. The molecule has 0 aliphatic carbocycles. The summed E-state index contributed by atoms with van der Waals surface area (Å²) in [5, 5.41) is 5.65. The van der Waals surface area contributed by atoms with Crippen molar-refractivity contribution in [2.45, 2.75) is 26.3 Å². The number of nitrogens with two attached hydrogens (primary N) is 2. The van der Waals surface area contributed by atoms with Crippen LogP contribution >= 0.6 is 0 Å². The number of amides is 2. The molecule has 6 nitrogen and oxygen atoms in total. The molecule has 1 aromatic carbocycles. The van der Waals surface area contributed by atoms with Crippen molar-refractivity contribution < 1.29 is 9.59 Å². The number of nitrogen functional groups attached to an aromatic ring is 1. The highest BCUT2D eigenvalue weighted by atomic mass is 16.2. The lowest BCUT2D eigenvalue weighted by Crippen LogP contribution is -2.45. The molecule has 19 heavy (non-hydrogen) atoms. The van der Waals surface area contributed by atoms with Crippen LogP contribution < -0.4 is 22.1 Å². The molecule has 1 aromatic rings. The summed E-state index contributed by atoms with van der Waals surface area (Å²) in [5.41, 5.74) is 11.4. The molecule has 0 spiro atoms. The van der Waals surface area contributed by atoms with Crippen molar-refractivity contribution in [2.75, 3.05) is 17.6 Å². The third-order valence-electron chi connectivity index (χ3n) is 2.69. The summed E-state index contributed by atoms with van der Waals surface area (Å²) >= 11 is 0. The van der Waals surface area contributed by atoms with E-state index in [1.807, 2.05) is 6.92 Å². The van der Waals surface area contributed by atoms with Crippen molar-refractivity contribution in [3.63, 3.8) is 0 Å². The van der Waals surface area contributed by atoms with Crippen molar-refractivity contribution in [1.82, 2.24) is 5.32 Å². The average molecular weight is 264 g/mol. The van der Waals surface area contributed by atoms with E-state index in [9.17, 15) is 9.59 Å². The Balaban J connectivity index is 3.14. The lowest BCUT2D eigenvalue weighted by Gasteiger charge is -2.25. The Kier molecular flexibility index (Phi) is 4.37. The first kappa shape index (κ1) is 14.8. The molecule has 0 radical (unpaired) electrons. The minimum Gasteiger partial charge on any atom is -0.399 e. The fourth-order valence-electron chi connectivity index (χ4n) is 1.52. The molecule has 0 saturated carbocycles. The van der Waals surface area contributed by atoms with Crippen molar-refractivity contribution in [3.8, 4) is 0 Å². The van der Waals surface area contributed by atoms with E-state index in [1.165, 1.54) is 0 Å². The fraction of sp³-hybridized carbons (Fsp3) is 0.385. The first-order valence-electron chi connectivity index (χ1n) is 6.03. The van der Waals surface area contributed by atoms with Gasteiger partial charge >= 0.3 is 0 Å². The molecule has 6 heteroatoms. The molecule has 0 saturated heterocycles. The van der Waals surface area contributed by atoms with Crippen molar-refractivity contribution >= 4 is 23.2 Å². The molecule has 0 aliphatic heterocycles. The highest BCUT2D eigenvalue weighted by molar-refractivity contribution is 6.01. The Labute approximate surface area is 112 Å². The van der Waals surface area contributed by atoms with Crippen LogP contribution in [0.25, 0.3) is 0 Å². The van der Waals surface area contributed by atoms with Crippen LogP contribution in [0.2, 0.25) is 0 Å². The van der Waals surface area contributed by atoms with Gasteiger partial charge in [-0.25, -0.2) is 0 Å². The number of primary amides is 1. The maximum atomic E-state index is 11.9. The molecule has 2 amide bonds. The average Bonchev–Trinajstić information content (AvgIpc) is 2.28. The van der Waals surface area contributed by atoms with Gasteiger partial charge in [-0.05, 0) is 39.0 Å². The highest BCUT2D eigenvalue weighted by Crippen LogP contribution is 2.23. The van der Waals surface area contributed by atoms with Crippen molar-refractivity contribution in [3.05, 3.63) is 23.8 Å². The van der Waals surface area contributed by atoms with E-state index < -0.39 is 11.4 Å². The molecule has 0 aliphatic rings. The van der Waals surface area contributed by atoms with E-state index in [4.69, 9.17) is 11.5 Å². The van der Waals surface area contributed by atoms with Gasteiger partial charge in [0.05, 0.1) is 5.56 Å². The first-order valence-corrected chi connectivity index (χ1v) is 6.03. The highest BCUT2D eigenvalue weighted by Gasteiger charge is 2.26. The predicted molar refractivity (Wildman–Crippen MR) is 75.8 cm³/mol. The quantitative estimate of drug-likeness (QED) is 0.586. The molecule has 1 rings (SSSR count). The Morgan fingerprint density at radius 2 is 1.95 bits per heavy atom. The second kappa shape index (κ2) is 5.60. The maximum Gasteiger partial charge on any atom is 0.253 e. The molecule has 0 bridgehead atoms. The second-order valence-corrected chi connectivity index (χ2v) is 4.78.